The standard InChI is InChI=1S/C16H15FINOS/c1-11-2-5-13(6-3-11)21-9-8-19-16(20)14-7-4-12(17)10-15(14)18/h2-7,10H,8-9H2,1H3,(H,19,20). The maximum atomic E-state index is 13.0. The molecule has 0 aromatic heterocycles. The molecule has 2 rings (SSSR count). The zero-order chi connectivity index (χ0) is 15.2. The zero-order valence-electron chi connectivity index (χ0n) is 11.5. The molecule has 5 heteroatoms. The summed E-state index contributed by atoms with van der Waals surface area (Å²) in [6.07, 6.45) is 0. The highest BCUT2D eigenvalue weighted by Crippen LogP contribution is 2.18. The van der Waals surface area contributed by atoms with Crippen molar-refractivity contribution in [1.82, 2.24) is 5.32 Å². The number of thioether (sulfide) groups is 1. The van der Waals surface area contributed by atoms with Crippen LogP contribution in [-0.2, 0) is 0 Å². The lowest BCUT2D eigenvalue weighted by Gasteiger charge is -2.07. The molecular formula is C16H15FINOS. The smallest absolute Gasteiger partial charge is 0.252 e. The van der Waals surface area contributed by atoms with Gasteiger partial charge in [-0.2, -0.15) is 0 Å². The lowest BCUT2D eigenvalue weighted by molar-refractivity contribution is 0.0955. The van der Waals surface area contributed by atoms with E-state index in [4.69, 9.17) is 0 Å². The van der Waals surface area contributed by atoms with Crippen molar-refractivity contribution < 1.29 is 9.18 Å². The van der Waals surface area contributed by atoms with Crippen molar-refractivity contribution in [3.8, 4) is 0 Å². The first-order valence-electron chi connectivity index (χ1n) is 6.49. The molecule has 0 saturated heterocycles. The highest BCUT2D eigenvalue weighted by Gasteiger charge is 2.09. The second kappa shape index (κ2) is 7.79. The van der Waals surface area contributed by atoms with Gasteiger partial charge in [0.05, 0.1) is 5.56 Å². The number of benzene rings is 2. The third kappa shape index (κ3) is 5.00. The van der Waals surface area contributed by atoms with E-state index >= 15 is 0 Å². The third-order valence-electron chi connectivity index (χ3n) is 2.85. The molecule has 0 saturated carbocycles. The van der Waals surface area contributed by atoms with Crippen molar-refractivity contribution in [2.75, 3.05) is 12.3 Å². The molecule has 110 valence electrons. The summed E-state index contributed by atoms with van der Waals surface area (Å²) in [5.74, 6) is 0.307. The molecule has 21 heavy (non-hydrogen) atoms. The average molecular weight is 415 g/mol. The van der Waals surface area contributed by atoms with Gasteiger partial charge in [0.2, 0.25) is 0 Å². The maximum absolute atomic E-state index is 13.0. The highest BCUT2D eigenvalue weighted by atomic mass is 127. The van der Waals surface area contributed by atoms with Crippen LogP contribution < -0.4 is 5.32 Å². The van der Waals surface area contributed by atoms with Crippen LogP contribution in [0.4, 0.5) is 4.39 Å². The molecule has 0 spiro atoms. The fraction of sp³-hybridized carbons (Fsp3) is 0.188. The van der Waals surface area contributed by atoms with Gasteiger partial charge < -0.3 is 5.32 Å². The van der Waals surface area contributed by atoms with Gasteiger partial charge in [0, 0.05) is 20.8 Å². The molecule has 0 heterocycles. The summed E-state index contributed by atoms with van der Waals surface area (Å²) < 4.78 is 13.6. The predicted octanol–water partition coefficient (Wildman–Crippen LogP) is 4.26. The molecule has 0 bridgehead atoms. The Balaban J connectivity index is 1.80. The number of hydrogen-bond donors (Lipinski definition) is 1. The Hall–Kier alpha value is -1.08. The molecule has 2 aromatic carbocycles. The summed E-state index contributed by atoms with van der Waals surface area (Å²) in [4.78, 5) is 13.2. The Morgan fingerprint density at radius 1 is 1.24 bits per heavy atom. The van der Waals surface area contributed by atoms with E-state index in [1.165, 1.54) is 28.7 Å². The Morgan fingerprint density at radius 3 is 2.62 bits per heavy atom. The molecule has 0 unspecified atom stereocenters. The summed E-state index contributed by atoms with van der Waals surface area (Å²) >= 11 is 3.66. The van der Waals surface area contributed by atoms with Crippen molar-refractivity contribution >= 4 is 40.3 Å². The van der Waals surface area contributed by atoms with Gasteiger partial charge in [-0.25, -0.2) is 4.39 Å². The molecule has 2 aromatic rings. The minimum Gasteiger partial charge on any atom is -0.351 e. The van der Waals surface area contributed by atoms with Crippen LogP contribution in [0.3, 0.4) is 0 Å². The predicted molar refractivity (Wildman–Crippen MR) is 93.4 cm³/mol. The molecule has 0 aliphatic heterocycles. The van der Waals surface area contributed by atoms with Crippen LogP contribution >= 0.6 is 34.4 Å². The summed E-state index contributed by atoms with van der Waals surface area (Å²) in [5, 5.41) is 2.85. The van der Waals surface area contributed by atoms with E-state index in [0.717, 1.165) is 5.75 Å². The van der Waals surface area contributed by atoms with Crippen LogP contribution in [0, 0.1) is 16.3 Å². The highest BCUT2D eigenvalue weighted by molar-refractivity contribution is 14.1. The summed E-state index contributed by atoms with van der Waals surface area (Å²) in [5.41, 5.74) is 1.75. The van der Waals surface area contributed by atoms with Crippen LogP contribution in [0.2, 0.25) is 0 Å². The lowest BCUT2D eigenvalue weighted by Crippen LogP contribution is -2.26. The van der Waals surface area contributed by atoms with Gasteiger partial charge in [0.25, 0.3) is 5.91 Å². The van der Waals surface area contributed by atoms with Crippen molar-refractivity contribution in [2.24, 2.45) is 0 Å². The van der Waals surface area contributed by atoms with E-state index < -0.39 is 0 Å². The molecule has 0 atom stereocenters. The zero-order valence-corrected chi connectivity index (χ0v) is 14.5. The van der Waals surface area contributed by atoms with E-state index in [1.807, 2.05) is 22.6 Å². The van der Waals surface area contributed by atoms with Crippen LogP contribution in [0.15, 0.2) is 47.4 Å². The van der Waals surface area contributed by atoms with Gasteiger partial charge in [-0.15, -0.1) is 11.8 Å². The first-order valence-corrected chi connectivity index (χ1v) is 8.55. The second-order valence-corrected chi connectivity index (χ2v) is 6.87. The van der Waals surface area contributed by atoms with E-state index in [2.05, 4.69) is 36.5 Å². The fourth-order valence-electron chi connectivity index (χ4n) is 1.74. The van der Waals surface area contributed by atoms with Crippen LogP contribution in [0.5, 0.6) is 0 Å². The minimum atomic E-state index is -0.328. The van der Waals surface area contributed by atoms with Crippen molar-refractivity contribution in [1.29, 1.82) is 0 Å². The molecule has 0 radical (unpaired) electrons. The first kappa shape index (κ1) is 16.3. The van der Waals surface area contributed by atoms with Gasteiger partial charge in [-0.1, -0.05) is 17.7 Å². The van der Waals surface area contributed by atoms with Gasteiger partial charge in [0.1, 0.15) is 5.82 Å². The number of halogens is 2. The van der Waals surface area contributed by atoms with E-state index in [9.17, 15) is 9.18 Å². The van der Waals surface area contributed by atoms with Crippen molar-refractivity contribution in [2.45, 2.75) is 11.8 Å². The third-order valence-corrected chi connectivity index (χ3v) is 4.76. The fourth-order valence-corrected chi connectivity index (χ4v) is 3.23. The molecule has 1 amide bonds. The Kier molecular flexibility index (Phi) is 6.05. The van der Waals surface area contributed by atoms with Gasteiger partial charge in [-0.05, 0) is 59.8 Å². The SMILES string of the molecule is Cc1ccc(SCCNC(=O)c2ccc(F)cc2I)cc1. The topological polar surface area (TPSA) is 29.1 Å². The normalized spacial score (nSPS) is 10.4. The summed E-state index contributed by atoms with van der Waals surface area (Å²) in [6, 6.07) is 12.5. The van der Waals surface area contributed by atoms with Crippen LogP contribution in [-0.4, -0.2) is 18.2 Å². The average Bonchev–Trinajstić information content (AvgIpc) is 2.45. The monoisotopic (exact) mass is 415 g/mol. The Morgan fingerprint density at radius 2 is 1.95 bits per heavy atom. The number of nitrogens with one attached hydrogen (secondary N) is 1. The molecule has 0 aliphatic rings. The van der Waals surface area contributed by atoms with E-state index in [-0.39, 0.29) is 11.7 Å². The summed E-state index contributed by atoms with van der Waals surface area (Å²) in [7, 11) is 0. The molecule has 0 aliphatic carbocycles. The van der Waals surface area contributed by atoms with Crippen LogP contribution in [0.1, 0.15) is 15.9 Å². The van der Waals surface area contributed by atoms with Crippen LogP contribution in [0.25, 0.3) is 0 Å². The number of amides is 1. The van der Waals surface area contributed by atoms with Gasteiger partial charge in [-0.3, -0.25) is 4.79 Å². The number of hydrogen-bond acceptors (Lipinski definition) is 2. The largest absolute Gasteiger partial charge is 0.351 e. The minimum absolute atomic E-state index is 0.163. The van der Waals surface area contributed by atoms with E-state index in [0.29, 0.717) is 15.7 Å². The summed E-state index contributed by atoms with van der Waals surface area (Å²) in [6.45, 7) is 2.63. The molecule has 2 nitrogen and oxygen atoms in total. The van der Waals surface area contributed by atoms with Crippen molar-refractivity contribution in [3.63, 3.8) is 0 Å². The molecule has 0 fully saturated rings. The van der Waals surface area contributed by atoms with Gasteiger partial charge in [0.15, 0.2) is 0 Å². The second-order valence-electron chi connectivity index (χ2n) is 4.54. The lowest BCUT2D eigenvalue weighted by atomic mass is 10.2. The number of carbonyl (C=O) groups excluding carboxylic acids is 1. The first-order chi connectivity index (χ1) is 10.1. The molecular weight excluding hydrogens is 400 g/mol. The van der Waals surface area contributed by atoms with Gasteiger partial charge >= 0.3 is 0 Å². The molecule has 1 N–H and O–H groups in total. The Bertz CT molecular complexity index is 631. The number of rotatable bonds is 5. The number of carbonyl (C=O) groups is 1. The maximum Gasteiger partial charge on any atom is 0.252 e. The Labute approximate surface area is 141 Å². The van der Waals surface area contributed by atoms with E-state index in [1.54, 1.807) is 11.8 Å². The van der Waals surface area contributed by atoms with Crippen molar-refractivity contribution in [3.05, 3.63) is 63.0 Å². The quantitative estimate of drug-likeness (QED) is 0.449. The number of aryl methyl sites for hydroxylation is 1.